The summed E-state index contributed by atoms with van der Waals surface area (Å²) >= 11 is 0. The van der Waals surface area contributed by atoms with E-state index in [1.807, 2.05) is 7.05 Å². The summed E-state index contributed by atoms with van der Waals surface area (Å²) in [6.45, 7) is 4.48. The standard InChI is InChI=1S/C16H31F2N/c1-4-6-7-13(5-2)12-15(19-3)14-8-10-16(17,18)11-9-14/h13-15,19H,4-12H2,1-3H3. The molecule has 1 aliphatic carbocycles. The van der Waals surface area contributed by atoms with Crippen LogP contribution in [-0.2, 0) is 0 Å². The van der Waals surface area contributed by atoms with Crippen molar-refractivity contribution in [1.29, 1.82) is 0 Å². The topological polar surface area (TPSA) is 12.0 Å². The molecule has 1 N–H and O–H groups in total. The third-order valence-electron chi connectivity index (χ3n) is 4.83. The molecule has 0 aliphatic heterocycles. The number of hydrogen-bond acceptors (Lipinski definition) is 1. The van der Waals surface area contributed by atoms with E-state index in [1.54, 1.807) is 0 Å². The van der Waals surface area contributed by atoms with Gasteiger partial charge in [0.05, 0.1) is 0 Å². The SMILES string of the molecule is CCCCC(CC)CC(NC)C1CCC(F)(F)CC1. The number of rotatable bonds is 8. The first-order valence-electron chi connectivity index (χ1n) is 8.07. The van der Waals surface area contributed by atoms with Gasteiger partial charge in [0.15, 0.2) is 0 Å². The zero-order chi connectivity index (χ0) is 14.3. The van der Waals surface area contributed by atoms with Crippen molar-refractivity contribution in [3.8, 4) is 0 Å². The molecule has 2 unspecified atom stereocenters. The van der Waals surface area contributed by atoms with Crippen molar-refractivity contribution in [3.63, 3.8) is 0 Å². The second-order valence-corrected chi connectivity index (χ2v) is 6.24. The second-order valence-electron chi connectivity index (χ2n) is 6.24. The van der Waals surface area contributed by atoms with E-state index in [-0.39, 0.29) is 12.8 Å². The molecule has 114 valence electrons. The molecule has 3 heteroatoms. The van der Waals surface area contributed by atoms with Gasteiger partial charge in [0, 0.05) is 18.9 Å². The molecule has 0 spiro atoms. The van der Waals surface area contributed by atoms with Gasteiger partial charge < -0.3 is 5.32 Å². The van der Waals surface area contributed by atoms with Crippen LogP contribution >= 0.6 is 0 Å². The molecule has 0 aromatic heterocycles. The maximum absolute atomic E-state index is 13.2. The van der Waals surface area contributed by atoms with Crippen molar-refractivity contribution >= 4 is 0 Å². The summed E-state index contributed by atoms with van der Waals surface area (Å²) in [5.74, 6) is -1.21. The molecule has 2 atom stereocenters. The molecule has 1 aliphatic rings. The molecule has 0 amide bonds. The van der Waals surface area contributed by atoms with Crippen molar-refractivity contribution < 1.29 is 8.78 Å². The van der Waals surface area contributed by atoms with E-state index in [9.17, 15) is 8.78 Å². The Bertz CT molecular complexity index is 233. The van der Waals surface area contributed by atoms with Gasteiger partial charge in [-0.15, -0.1) is 0 Å². The molecule has 1 fully saturated rings. The van der Waals surface area contributed by atoms with Crippen molar-refractivity contribution in [3.05, 3.63) is 0 Å². The van der Waals surface area contributed by atoms with Gasteiger partial charge in [-0.1, -0.05) is 39.5 Å². The van der Waals surface area contributed by atoms with Crippen molar-refractivity contribution in [2.75, 3.05) is 7.05 Å². The predicted molar refractivity (Wildman–Crippen MR) is 77.7 cm³/mol. The highest BCUT2D eigenvalue weighted by atomic mass is 19.3. The van der Waals surface area contributed by atoms with Crippen LogP contribution in [-0.4, -0.2) is 19.0 Å². The minimum Gasteiger partial charge on any atom is -0.317 e. The third-order valence-corrected chi connectivity index (χ3v) is 4.83. The van der Waals surface area contributed by atoms with Gasteiger partial charge in [-0.05, 0) is 38.1 Å². The van der Waals surface area contributed by atoms with Gasteiger partial charge in [0.2, 0.25) is 5.92 Å². The fraction of sp³-hybridized carbons (Fsp3) is 1.00. The molecule has 0 bridgehead atoms. The molecule has 0 saturated heterocycles. The predicted octanol–water partition coefficient (Wildman–Crippen LogP) is 5.01. The lowest BCUT2D eigenvalue weighted by atomic mass is 9.78. The zero-order valence-electron chi connectivity index (χ0n) is 12.9. The molecule has 0 radical (unpaired) electrons. The Morgan fingerprint density at radius 3 is 2.32 bits per heavy atom. The first-order valence-corrected chi connectivity index (χ1v) is 8.07. The highest BCUT2D eigenvalue weighted by molar-refractivity contribution is 4.85. The number of nitrogens with one attached hydrogen (secondary N) is 1. The lowest BCUT2D eigenvalue weighted by Crippen LogP contribution is -2.39. The molecule has 0 heterocycles. The number of alkyl halides is 2. The van der Waals surface area contributed by atoms with Gasteiger partial charge in [-0.25, -0.2) is 8.78 Å². The molecule has 0 aromatic carbocycles. The molecule has 19 heavy (non-hydrogen) atoms. The quantitative estimate of drug-likeness (QED) is 0.657. The molecular formula is C16H31F2N. The van der Waals surface area contributed by atoms with E-state index >= 15 is 0 Å². The van der Waals surface area contributed by atoms with Crippen LogP contribution in [0.5, 0.6) is 0 Å². The number of halogens is 2. The Hall–Kier alpha value is -0.180. The monoisotopic (exact) mass is 275 g/mol. The average molecular weight is 275 g/mol. The summed E-state index contributed by atoms with van der Waals surface area (Å²) in [7, 11) is 1.99. The van der Waals surface area contributed by atoms with Crippen LogP contribution in [0.4, 0.5) is 8.78 Å². The molecule has 1 nitrogen and oxygen atoms in total. The Morgan fingerprint density at radius 1 is 1.21 bits per heavy atom. The summed E-state index contributed by atoms with van der Waals surface area (Å²) in [6.07, 6.45) is 7.72. The van der Waals surface area contributed by atoms with Gasteiger partial charge >= 0.3 is 0 Å². The van der Waals surface area contributed by atoms with Crippen molar-refractivity contribution in [2.45, 2.75) is 83.6 Å². The van der Waals surface area contributed by atoms with E-state index < -0.39 is 5.92 Å². The maximum Gasteiger partial charge on any atom is 0.248 e. The Morgan fingerprint density at radius 2 is 1.84 bits per heavy atom. The summed E-state index contributed by atoms with van der Waals surface area (Å²) in [6, 6.07) is 0.429. The highest BCUT2D eigenvalue weighted by Crippen LogP contribution is 2.38. The average Bonchev–Trinajstić information content (AvgIpc) is 2.40. The third kappa shape index (κ3) is 5.76. The van der Waals surface area contributed by atoms with Crippen LogP contribution in [0, 0.1) is 11.8 Å². The van der Waals surface area contributed by atoms with Gasteiger partial charge in [-0.3, -0.25) is 0 Å². The second kappa shape index (κ2) is 8.18. The minimum absolute atomic E-state index is 0.0849. The van der Waals surface area contributed by atoms with Crippen molar-refractivity contribution in [2.24, 2.45) is 11.8 Å². The first-order chi connectivity index (χ1) is 9.02. The molecular weight excluding hydrogens is 244 g/mol. The van der Waals surface area contributed by atoms with Gasteiger partial charge in [0.25, 0.3) is 0 Å². The lowest BCUT2D eigenvalue weighted by Gasteiger charge is -2.35. The Kier molecular flexibility index (Phi) is 7.27. The number of unbranched alkanes of at least 4 members (excludes halogenated alkanes) is 1. The lowest BCUT2D eigenvalue weighted by molar-refractivity contribution is -0.0502. The Labute approximate surface area is 117 Å². The van der Waals surface area contributed by atoms with Crippen LogP contribution in [0.1, 0.15) is 71.6 Å². The van der Waals surface area contributed by atoms with Gasteiger partial charge in [-0.2, -0.15) is 0 Å². The molecule has 0 aromatic rings. The largest absolute Gasteiger partial charge is 0.317 e. The zero-order valence-corrected chi connectivity index (χ0v) is 12.9. The smallest absolute Gasteiger partial charge is 0.248 e. The minimum atomic E-state index is -2.40. The molecule has 1 rings (SSSR count). The fourth-order valence-corrected chi connectivity index (χ4v) is 3.35. The first kappa shape index (κ1) is 16.9. The summed E-state index contributed by atoms with van der Waals surface area (Å²) in [5.41, 5.74) is 0. The normalized spacial score (nSPS) is 23.2. The van der Waals surface area contributed by atoms with E-state index in [1.165, 1.54) is 25.7 Å². The maximum atomic E-state index is 13.2. The molecule has 1 saturated carbocycles. The summed E-state index contributed by atoms with van der Waals surface area (Å²) < 4.78 is 26.4. The summed E-state index contributed by atoms with van der Waals surface area (Å²) in [5, 5.41) is 3.40. The van der Waals surface area contributed by atoms with Crippen LogP contribution in [0.25, 0.3) is 0 Å². The van der Waals surface area contributed by atoms with Crippen molar-refractivity contribution in [1.82, 2.24) is 5.32 Å². The van der Waals surface area contributed by atoms with E-state index in [4.69, 9.17) is 0 Å². The van der Waals surface area contributed by atoms with Gasteiger partial charge in [0.1, 0.15) is 0 Å². The van der Waals surface area contributed by atoms with Crippen LogP contribution in [0.2, 0.25) is 0 Å². The fourth-order valence-electron chi connectivity index (χ4n) is 3.35. The van der Waals surface area contributed by atoms with E-state index in [0.717, 1.165) is 12.3 Å². The van der Waals surface area contributed by atoms with Crippen LogP contribution in [0.15, 0.2) is 0 Å². The van der Waals surface area contributed by atoms with Crippen LogP contribution in [0.3, 0.4) is 0 Å². The van der Waals surface area contributed by atoms with E-state index in [0.29, 0.717) is 24.8 Å². The summed E-state index contributed by atoms with van der Waals surface area (Å²) in [4.78, 5) is 0. The van der Waals surface area contributed by atoms with E-state index in [2.05, 4.69) is 19.2 Å². The van der Waals surface area contributed by atoms with Crippen LogP contribution < -0.4 is 5.32 Å². The Balaban J connectivity index is 2.44. The highest BCUT2D eigenvalue weighted by Gasteiger charge is 2.37. The number of hydrogen-bond donors (Lipinski definition) is 1.